The zero-order valence-corrected chi connectivity index (χ0v) is 11.2. The molecule has 0 aliphatic carbocycles. The summed E-state index contributed by atoms with van der Waals surface area (Å²) in [6.07, 6.45) is 4.96. The standard InChI is InChI=1S/C18H17B/c1-2-17(16-11-7-4-8-12-16)18(19)14-13-15-9-5-3-6-10-15/h3-14H,2H2,1H3/b14-13+,18-17-. The Morgan fingerprint density at radius 2 is 1.53 bits per heavy atom. The molecule has 0 saturated heterocycles. The SMILES string of the molecule is [B]C(/C=C/c1ccccc1)=C(/CC)c1ccccc1. The largest absolute Gasteiger partial charge is 0.114 e. The quantitative estimate of drug-likeness (QED) is 0.540. The predicted molar refractivity (Wildman–Crippen MR) is 84.9 cm³/mol. The number of hydrogen-bond acceptors (Lipinski definition) is 0. The summed E-state index contributed by atoms with van der Waals surface area (Å²) in [7, 11) is 6.20. The van der Waals surface area contributed by atoms with Crippen molar-refractivity contribution in [2.24, 2.45) is 0 Å². The molecule has 0 nitrogen and oxygen atoms in total. The van der Waals surface area contributed by atoms with Crippen LogP contribution in [0.3, 0.4) is 0 Å². The average molecular weight is 244 g/mol. The van der Waals surface area contributed by atoms with Crippen LogP contribution >= 0.6 is 0 Å². The van der Waals surface area contributed by atoms with Crippen molar-refractivity contribution in [3.05, 3.63) is 83.3 Å². The van der Waals surface area contributed by atoms with E-state index in [0.29, 0.717) is 0 Å². The Morgan fingerprint density at radius 3 is 2.11 bits per heavy atom. The number of benzene rings is 2. The highest BCUT2D eigenvalue weighted by molar-refractivity contribution is 6.27. The fraction of sp³-hybridized carbons (Fsp3) is 0.111. The average Bonchev–Trinajstić information content (AvgIpc) is 2.48. The molecule has 0 N–H and O–H groups in total. The monoisotopic (exact) mass is 244 g/mol. The Bertz CT molecular complexity index is 565. The van der Waals surface area contributed by atoms with Gasteiger partial charge in [0.1, 0.15) is 7.85 Å². The minimum absolute atomic E-state index is 0.831. The molecule has 0 atom stereocenters. The van der Waals surface area contributed by atoms with Gasteiger partial charge in [-0.3, -0.25) is 0 Å². The topological polar surface area (TPSA) is 0 Å². The van der Waals surface area contributed by atoms with Gasteiger partial charge in [-0.05, 0) is 23.1 Å². The summed E-state index contributed by atoms with van der Waals surface area (Å²) in [5.41, 5.74) is 4.37. The lowest BCUT2D eigenvalue weighted by atomic mass is 9.85. The zero-order valence-electron chi connectivity index (χ0n) is 11.2. The summed E-state index contributed by atoms with van der Waals surface area (Å²) >= 11 is 0. The van der Waals surface area contributed by atoms with Crippen LogP contribution in [-0.2, 0) is 0 Å². The Morgan fingerprint density at radius 1 is 0.947 bits per heavy atom. The molecule has 0 aromatic heterocycles. The maximum absolute atomic E-state index is 6.20. The normalized spacial score (nSPS) is 12.5. The highest BCUT2D eigenvalue weighted by Crippen LogP contribution is 2.21. The van der Waals surface area contributed by atoms with Gasteiger partial charge in [-0.1, -0.05) is 85.2 Å². The fourth-order valence-electron chi connectivity index (χ4n) is 2.06. The van der Waals surface area contributed by atoms with Crippen LogP contribution in [0.15, 0.2) is 72.2 Å². The molecule has 0 aliphatic heterocycles. The van der Waals surface area contributed by atoms with Gasteiger partial charge in [0, 0.05) is 0 Å². The van der Waals surface area contributed by atoms with E-state index < -0.39 is 0 Å². The molecule has 0 heterocycles. The molecule has 2 rings (SSSR count). The van der Waals surface area contributed by atoms with Crippen molar-refractivity contribution in [3.63, 3.8) is 0 Å². The lowest BCUT2D eigenvalue weighted by Gasteiger charge is -2.08. The van der Waals surface area contributed by atoms with Crippen LogP contribution in [0.1, 0.15) is 24.5 Å². The van der Waals surface area contributed by atoms with Crippen LogP contribution < -0.4 is 0 Å². The molecule has 0 bridgehead atoms. The molecule has 0 saturated carbocycles. The molecule has 0 unspecified atom stereocenters. The number of rotatable bonds is 4. The Hall–Kier alpha value is -2.02. The van der Waals surface area contributed by atoms with Crippen LogP contribution in [0, 0.1) is 0 Å². The van der Waals surface area contributed by atoms with E-state index in [1.165, 1.54) is 11.1 Å². The van der Waals surface area contributed by atoms with Gasteiger partial charge in [-0.2, -0.15) is 0 Å². The minimum atomic E-state index is 0.831. The van der Waals surface area contributed by atoms with Crippen LogP contribution in [0.5, 0.6) is 0 Å². The summed E-state index contributed by atoms with van der Waals surface area (Å²) in [6, 6.07) is 20.5. The third-order valence-electron chi connectivity index (χ3n) is 3.08. The second kappa shape index (κ2) is 6.79. The van der Waals surface area contributed by atoms with Crippen molar-refractivity contribution in [1.29, 1.82) is 0 Å². The van der Waals surface area contributed by atoms with Gasteiger partial charge in [0.05, 0.1) is 0 Å². The molecule has 92 valence electrons. The molecule has 1 heteroatoms. The first-order valence-corrected chi connectivity index (χ1v) is 6.58. The Balaban J connectivity index is 2.27. The predicted octanol–water partition coefficient (Wildman–Crippen LogP) is 4.69. The first kappa shape index (κ1) is 13.4. The van der Waals surface area contributed by atoms with Gasteiger partial charge in [0.25, 0.3) is 0 Å². The number of hydrogen-bond donors (Lipinski definition) is 0. The van der Waals surface area contributed by atoms with Gasteiger partial charge in [0.15, 0.2) is 0 Å². The Kier molecular flexibility index (Phi) is 4.80. The van der Waals surface area contributed by atoms with Crippen LogP contribution in [0.2, 0.25) is 0 Å². The van der Waals surface area contributed by atoms with E-state index in [1.54, 1.807) is 0 Å². The summed E-state index contributed by atoms with van der Waals surface area (Å²) in [4.78, 5) is 0. The minimum Gasteiger partial charge on any atom is -0.0929 e. The summed E-state index contributed by atoms with van der Waals surface area (Å²) < 4.78 is 0. The van der Waals surface area contributed by atoms with Crippen molar-refractivity contribution >= 4 is 19.5 Å². The third-order valence-corrected chi connectivity index (χ3v) is 3.08. The van der Waals surface area contributed by atoms with Crippen molar-refractivity contribution in [1.82, 2.24) is 0 Å². The first-order chi connectivity index (χ1) is 9.31. The van der Waals surface area contributed by atoms with E-state index >= 15 is 0 Å². The smallest absolute Gasteiger partial charge is 0.0929 e. The van der Waals surface area contributed by atoms with E-state index in [9.17, 15) is 0 Å². The second-order valence-electron chi connectivity index (χ2n) is 4.40. The van der Waals surface area contributed by atoms with Crippen LogP contribution in [-0.4, -0.2) is 7.85 Å². The van der Waals surface area contributed by atoms with Crippen molar-refractivity contribution < 1.29 is 0 Å². The maximum atomic E-state index is 6.20. The third kappa shape index (κ3) is 3.72. The van der Waals surface area contributed by atoms with Gasteiger partial charge in [-0.15, -0.1) is 0 Å². The van der Waals surface area contributed by atoms with Gasteiger partial charge in [-0.25, -0.2) is 0 Å². The molecule has 19 heavy (non-hydrogen) atoms. The van der Waals surface area contributed by atoms with E-state index in [0.717, 1.165) is 17.5 Å². The molecule has 0 aliphatic rings. The molecule has 2 aromatic carbocycles. The molecular formula is C18H17B. The molecule has 0 amide bonds. The van der Waals surface area contributed by atoms with Crippen LogP contribution in [0.4, 0.5) is 0 Å². The lowest BCUT2D eigenvalue weighted by molar-refractivity contribution is 1.23. The lowest BCUT2D eigenvalue weighted by Crippen LogP contribution is -1.89. The van der Waals surface area contributed by atoms with E-state index in [4.69, 9.17) is 7.85 Å². The highest BCUT2D eigenvalue weighted by Gasteiger charge is 2.00. The van der Waals surface area contributed by atoms with Crippen molar-refractivity contribution in [2.45, 2.75) is 13.3 Å². The molecular weight excluding hydrogens is 227 g/mol. The maximum Gasteiger partial charge on any atom is 0.114 e. The summed E-state index contributed by atoms with van der Waals surface area (Å²) in [5.74, 6) is 0. The van der Waals surface area contributed by atoms with Crippen molar-refractivity contribution in [2.75, 3.05) is 0 Å². The Labute approximate surface area is 116 Å². The van der Waals surface area contributed by atoms with E-state index in [2.05, 4.69) is 31.2 Å². The van der Waals surface area contributed by atoms with E-state index in [-0.39, 0.29) is 0 Å². The molecule has 2 aromatic rings. The van der Waals surface area contributed by atoms with Gasteiger partial charge >= 0.3 is 0 Å². The highest BCUT2D eigenvalue weighted by atomic mass is 14.0. The van der Waals surface area contributed by atoms with E-state index in [1.807, 2.05) is 48.6 Å². The van der Waals surface area contributed by atoms with Crippen LogP contribution in [0.25, 0.3) is 11.6 Å². The van der Waals surface area contributed by atoms with Crippen molar-refractivity contribution in [3.8, 4) is 0 Å². The zero-order chi connectivity index (χ0) is 13.5. The molecule has 2 radical (unpaired) electrons. The van der Waals surface area contributed by atoms with Gasteiger partial charge in [0.2, 0.25) is 0 Å². The molecule has 0 fully saturated rings. The van der Waals surface area contributed by atoms with Gasteiger partial charge < -0.3 is 0 Å². The summed E-state index contributed by atoms with van der Waals surface area (Å²) in [6.45, 7) is 2.13. The first-order valence-electron chi connectivity index (χ1n) is 6.58. The second-order valence-corrected chi connectivity index (χ2v) is 4.40. The summed E-state index contributed by atoms with van der Waals surface area (Å²) in [5, 5.41) is 0. The fourth-order valence-corrected chi connectivity index (χ4v) is 2.06. The molecule has 0 spiro atoms. The number of allylic oxidation sites excluding steroid dienone is 3.